The van der Waals surface area contributed by atoms with E-state index < -0.39 is 0 Å². The van der Waals surface area contributed by atoms with Gasteiger partial charge in [0.25, 0.3) is 0 Å². The number of aliphatic hydroxyl groups excluding tert-OH is 2. The Morgan fingerprint density at radius 3 is 1.09 bits per heavy atom. The zero-order valence-electron chi connectivity index (χ0n) is 17.7. The van der Waals surface area contributed by atoms with Crippen LogP contribution >= 0.6 is 0 Å². The van der Waals surface area contributed by atoms with Crippen molar-refractivity contribution in [1.29, 1.82) is 0 Å². The standard InChI is InChI=1S/2C15H12O/c2*16-10-14-7-3-6-13-8-11-4-1-2-5-12(11)9-15(13)14/h2*1-9,16H,10H2. The molecule has 0 aromatic heterocycles. The van der Waals surface area contributed by atoms with Crippen molar-refractivity contribution in [3.05, 3.63) is 120 Å². The van der Waals surface area contributed by atoms with Gasteiger partial charge in [-0.3, -0.25) is 0 Å². The Hall–Kier alpha value is -3.72. The van der Waals surface area contributed by atoms with Crippen LogP contribution in [0.2, 0.25) is 0 Å². The number of hydrogen-bond donors (Lipinski definition) is 2. The van der Waals surface area contributed by atoms with E-state index in [1.807, 2.05) is 48.5 Å². The zero-order chi connectivity index (χ0) is 21.9. The third kappa shape index (κ3) is 3.82. The second kappa shape index (κ2) is 8.80. The number of benzene rings is 6. The molecule has 2 N–H and O–H groups in total. The van der Waals surface area contributed by atoms with Gasteiger partial charge in [-0.15, -0.1) is 0 Å². The van der Waals surface area contributed by atoms with Crippen molar-refractivity contribution in [2.75, 3.05) is 0 Å². The first-order chi connectivity index (χ1) is 15.8. The summed E-state index contributed by atoms with van der Waals surface area (Å²) in [6.45, 7) is 0.186. The molecule has 0 saturated carbocycles. The van der Waals surface area contributed by atoms with Crippen molar-refractivity contribution in [1.82, 2.24) is 0 Å². The smallest absolute Gasteiger partial charge is 0.0687 e. The summed E-state index contributed by atoms with van der Waals surface area (Å²) in [6, 6.07) is 37.3. The third-order valence-electron chi connectivity index (χ3n) is 6.01. The highest BCUT2D eigenvalue weighted by Gasteiger charge is 2.02. The summed E-state index contributed by atoms with van der Waals surface area (Å²) in [4.78, 5) is 0. The lowest BCUT2D eigenvalue weighted by Crippen LogP contribution is -1.85. The molecule has 0 aliphatic heterocycles. The molecule has 0 aliphatic carbocycles. The minimum Gasteiger partial charge on any atom is -0.392 e. The van der Waals surface area contributed by atoms with Crippen LogP contribution in [-0.2, 0) is 13.2 Å². The average Bonchev–Trinajstić information content (AvgIpc) is 2.85. The highest BCUT2D eigenvalue weighted by atomic mass is 16.3. The van der Waals surface area contributed by atoms with Gasteiger partial charge in [0.05, 0.1) is 13.2 Å². The minimum absolute atomic E-state index is 0.0929. The van der Waals surface area contributed by atoms with Crippen LogP contribution in [0.4, 0.5) is 0 Å². The predicted octanol–water partition coefficient (Wildman–Crippen LogP) is 6.97. The fourth-order valence-electron chi connectivity index (χ4n) is 4.34. The van der Waals surface area contributed by atoms with Crippen molar-refractivity contribution >= 4 is 43.1 Å². The van der Waals surface area contributed by atoms with Gasteiger partial charge in [0.15, 0.2) is 0 Å². The molecule has 0 radical (unpaired) electrons. The highest BCUT2D eigenvalue weighted by molar-refractivity contribution is 6.00. The summed E-state index contributed by atoms with van der Waals surface area (Å²) < 4.78 is 0. The van der Waals surface area contributed by atoms with Crippen LogP contribution in [0, 0.1) is 0 Å². The zero-order valence-corrected chi connectivity index (χ0v) is 17.7. The number of fused-ring (bicyclic) bond motifs is 4. The van der Waals surface area contributed by atoms with Crippen molar-refractivity contribution in [2.24, 2.45) is 0 Å². The lowest BCUT2D eigenvalue weighted by Gasteiger charge is -2.05. The SMILES string of the molecule is OCc1cccc2cc3ccccc3cc12.OCc1cccc2cc3ccccc3cc12. The molecule has 2 heteroatoms. The Bertz CT molecular complexity index is 1430. The van der Waals surface area contributed by atoms with Gasteiger partial charge < -0.3 is 10.2 Å². The Morgan fingerprint density at radius 2 is 0.719 bits per heavy atom. The van der Waals surface area contributed by atoms with E-state index in [0.717, 1.165) is 21.9 Å². The molecule has 2 nitrogen and oxygen atoms in total. The summed E-state index contributed by atoms with van der Waals surface area (Å²) >= 11 is 0. The normalized spacial score (nSPS) is 11.1. The van der Waals surface area contributed by atoms with E-state index in [-0.39, 0.29) is 13.2 Å². The molecule has 156 valence electrons. The van der Waals surface area contributed by atoms with Gasteiger partial charge in [0.1, 0.15) is 0 Å². The molecular weight excluding hydrogens is 392 g/mol. The molecule has 0 aliphatic rings. The molecule has 0 fully saturated rings. The van der Waals surface area contributed by atoms with Crippen LogP contribution in [0.15, 0.2) is 109 Å². The fourth-order valence-corrected chi connectivity index (χ4v) is 4.34. The van der Waals surface area contributed by atoms with Gasteiger partial charge >= 0.3 is 0 Å². The van der Waals surface area contributed by atoms with E-state index in [1.54, 1.807) is 0 Å². The predicted molar refractivity (Wildman–Crippen MR) is 135 cm³/mol. The average molecular weight is 417 g/mol. The lowest BCUT2D eigenvalue weighted by molar-refractivity contribution is 0.283. The van der Waals surface area contributed by atoms with Crippen molar-refractivity contribution in [3.8, 4) is 0 Å². The molecule has 6 aromatic carbocycles. The van der Waals surface area contributed by atoms with Gasteiger partial charge in [0.2, 0.25) is 0 Å². The largest absolute Gasteiger partial charge is 0.392 e. The van der Waals surface area contributed by atoms with E-state index in [0.29, 0.717) is 0 Å². The number of hydrogen-bond acceptors (Lipinski definition) is 2. The topological polar surface area (TPSA) is 40.5 Å². The molecule has 0 saturated heterocycles. The molecule has 6 aromatic rings. The first kappa shape index (κ1) is 20.2. The summed E-state index contributed by atoms with van der Waals surface area (Å²) in [7, 11) is 0. The van der Waals surface area contributed by atoms with E-state index >= 15 is 0 Å². The van der Waals surface area contributed by atoms with E-state index in [1.165, 1.54) is 32.3 Å². The molecule has 0 atom stereocenters. The van der Waals surface area contributed by atoms with E-state index in [2.05, 4.69) is 60.7 Å². The summed E-state index contributed by atoms with van der Waals surface area (Å²) in [6.07, 6.45) is 0. The fraction of sp³-hybridized carbons (Fsp3) is 0.0667. The lowest BCUT2D eigenvalue weighted by atomic mass is 10.0. The molecule has 32 heavy (non-hydrogen) atoms. The molecular formula is C30H24O2. The van der Waals surface area contributed by atoms with Gasteiger partial charge in [-0.2, -0.15) is 0 Å². The van der Waals surface area contributed by atoms with E-state index in [9.17, 15) is 10.2 Å². The number of rotatable bonds is 2. The maximum absolute atomic E-state index is 9.31. The van der Waals surface area contributed by atoms with Crippen LogP contribution in [0.3, 0.4) is 0 Å². The maximum Gasteiger partial charge on any atom is 0.0687 e. The quantitative estimate of drug-likeness (QED) is 0.299. The molecule has 0 unspecified atom stereocenters. The molecule has 0 amide bonds. The van der Waals surface area contributed by atoms with Crippen LogP contribution < -0.4 is 0 Å². The van der Waals surface area contributed by atoms with E-state index in [4.69, 9.17) is 0 Å². The van der Waals surface area contributed by atoms with Gasteiger partial charge in [0, 0.05) is 0 Å². The summed E-state index contributed by atoms with van der Waals surface area (Å²) in [5.41, 5.74) is 1.98. The van der Waals surface area contributed by atoms with Crippen molar-refractivity contribution < 1.29 is 10.2 Å². The van der Waals surface area contributed by atoms with Gasteiger partial charge in [-0.25, -0.2) is 0 Å². The summed E-state index contributed by atoms with van der Waals surface area (Å²) in [5.74, 6) is 0. The van der Waals surface area contributed by atoms with Gasteiger partial charge in [-0.05, 0) is 78.5 Å². The second-order valence-corrected chi connectivity index (χ2v) is 7.99. The Balaban J connectivity index is 0.000000135. The Labute approximate surface area is 187 Å². The monoisotopic (exact) mass is 416 g/mol. The first-order valence-corrected chi connectivity index (χ1v) is 10.8. The Morgan fingerprint density at radius 1 is 0.375 bits per heavy atom. The minimum atomic E-state index is 0.0929. The molecule has 6 rings (SSSR count). The van der Waals surface area contributed by atoms with Crippen LogP contribution in [0.1, 0.15) is 11.1 Å². The first-order valence-electron chi connectivity index (χ1n) is 10.8. The van der Waals surface area contributed by atoms with Crippen molar-refractivity contribution in [3.63, 3.8) is 0 Å². The maximum atomic E-state index is 9.31. The third-order valence-corrected chi connectivity index (χ3v) is 6.01. The van der Waals surface area contributed by atoms with Crippen LogP contribution in [0.25, 0.3) is 43.1 Å². The Kier molecular flexibility index (Phi) is 5.55. The molecule has 0 spiro atoms. The molecule has 0 bridgehead atoms. The van der Waals surface area contributed by atoms with Crippen molar-refractivity contribution in [2.45, 2.75) is 13.2 Å². The number of aliphatic hydroxyl groups is 2. The highest BCUT2D eigenvalue weighted by Crippen LogP contribution is 2.26. The van der Waals surface area contributed by atoms with Crippen LogP contribution in [0.5, 0.6) is 0 Å². The summed E-state index contributed by atoms with van der Waals surface area (Å²) in [5, 5.41) is 28.2. The second-order valence-electron chi connectivity index (χ2n) is 7.99. The molecule has 0 heterocycles. The van der Waals surface area contributed by atoms with Gasteiger partial charge in [-0.1, -0.05) is 84.9 Å². The van der Waals surface area contributed by atoms with Crippen LogP contribution in [-0.4, -0.2) is 10.2 Å².